The van der Waals surface area contributed by atoms with Crippen molar-refractivity contribution in [1.29, 1.82) is 0 Å². The van der Waals surface area contributed by atoms with Crippen LogP contribution >= 0.6 is 0 Å². The first-order valence-electron chi connectivity index (χ1n) is 8.66. The maximum absolute atomic E-state index is 13.5. The number of halogens is 1. The number of likely N-dealkylation sites (tertiary alicyclic amines) is 1. The molecular weight excluding hydrogens is 319 g/mol. The minimum absolute atomic E-state index is 0.0265. The number of amides is 2. The zero-order valence-corrected chi connectivity index (χ0v) is 14.2. The number of rotatable bonds is 6. The highest BCUT2D eigenvalue weighted by Gasteiger charge is 2.25. The van der Waals surface area contributed by atoms with Gasteiger partial charge in [0.25, 0.3) is 0 Å². The number of carbonyl (C=O) groups excluding carboxylic acids is 1. The average molecular weight is 342 g/mol. The number of benzene rings is 2. The number of para-hydroxylation sites is 1. The van der Waals surface area contributed by atoms with Crippen molar-refractivity contribution in [2.24, 2.45) is 5.92 Å². The molecule has 5 heteroatoms. The van der Waals surface area contributed by atoms with Gasteiger partial charge in [0.2, 0.25) is 0 Å². The minimum atomic E-state index is -0.337. The van der Waals surface area contributed by atoms with Gasteiger partial charge in [0.15, 0.2) is 11.6 Å². The van der Waals surface area contributed by atoms with Gasteiger partial charge in [0.1, 0.15) is 0 Å². The summed E-state index contributed by atoms with van der Waals surface area (Å²) in [4.78, 5) is 14.1. The van der Waals surface area contributed by atoms with E-state index in [4.69, 9.17) is 4.74 Å². The van der Waals surface area contributed by atoms with Crippen molar-refractivity contribution < 1.29 is 13.9 Å². The molecule has 2 aromatic rings. The molecule has 0 aliphatic carbocycles. The van der Waals surface area contributed by atoms with Crippen LogP contribution in [-0.4, -0.2) is 30.6 Å². The molecule has 1 atom stereocenters. The summed E-state index contributed by atoms with van der Waals surface area (Å²) in [5.74, 6) is 0.350. The molecule has 0 spiro atoms. The Morgan fingerprint density at radius 2 is 1.92 bits per heavy atom. The van der Waals surface area contributed by atoms with Crippen LogP contribution in [0.4, 0.5) is 9.18 Å². The summed E-state index contributed by atoms with van der Waals surface area (Å²) in [5.41, 5.74) is 1.09. The number of urea groups is 1. The maximum Gasteiger partial charge on any atom is 0.317 e. The van der Waals surface area contributed by atoms with Crippen LogP contribution in [0.25, 0.3) is 0 Å². The third-order valence-corrected chi connectivity index (χ3v) is 4.48. The Kier molecular flexibility index (Phi) is 5.88. The van der Waals surface area contributed by atoms with Crippen LogP contribution in [0.1, 0.15) is 18.4 Å². The second kappa shape index (κ2) is 8.51. The molecule has 2 amide bonds. The Balaban J connectivity index is 1.38. The fraction of sp³-hybridized carbons (Fsp3) is 0.350. The Bertz CT molecular complexity index is 693. The summed E-state index contributed by atoms with van der Waals surface area (Å²) in [6.07, 6.45) is 1.77. The molecule has 0 bridgehead atoms. The van der Waals surface area contributed by atoms with E-state index in [0.717, 1.165) is 31.5 Å². The molecular formula is C20H23FN2O2. The van der Waals surface area contributed by atoms with Gasteiger partial charge in [-0.05, 0) is 36.5 Å². The predicted octanol–water partition coefficient (Wildman–Crippen LogP) is 3.83. The molecule has 1 aliphatic rings. The number of nitrogens with zero attached hydrogens (tertiary/aromatic N) is 1. The summed E-state index contributed by atoms with van der Waals surface area (Å²) >= 11 is 0. The Morgan fingerprint density at radius 3 is 2.72 bits per heavy atom. The van der Waals surface area contributed by atoms with Crippen molar-refractivity contribution in [2.45, 2.75) is 19.4 Å². The summed E-state index contributed by atoms with van der Waals surface area (Å²) < 4.78 is 19.0. The molecule has 0 aromatic heterocycles. The van der Waals surface area contributed by atoms with Gasteiger partial charge in [-0.1, -0.05) is 42.5 Å². The number of carbonyl (C=O) groups is 1. The van der Waals surface area contributed by atoms with Crippen molar-refractivity contribution in [3.8, 4) is 5.75 Å². The second-order valence-corrected chi connectivity index (χ2v) is 6.31. The van der Waals surface area contributed by atoms with Crippen LogP contribution in [0.15, 0.2) is 54.6 Å². The highest BCUT2D eigenvalue weighted by Crippen LogP contribution is 2.21. The van der Waals surface area contributed by atoms with Crippen molar-refractivity contribution in [3.05, 3.63) is 66.0 Å². The van der Waals surface area contributed by atoms with E-state index < -0.39 is 0 Å². The summed E-state index contributed by atoms with van der Waals surface area (Å²) in [5, 5.41) is 2.96. The van der Waals surface area contributed by atoms with Crippen molar-refractivity contribution >= 4 is 6.03 Å². The lowest BCUT2D eigenvalue weighted by Crippen LogP contribution is -2.38. The number of ether oxygens (including phenoxy) is 1. The van der Waals surface area contributed by atoms with Crippen molar-refractivity contribution in [1.82, 2.24) is 10.2 Å². The SMILES string of the molecule is O=C(NCc1ccccc1)N1CCC(CCOc2ccccc2F)C1. The molecule has 3 rings (SSSR count). The van der Waals surface area contributed by atoms with Gasteiger partial charge in [-0.15, -0.1) is 0 Å². The largest absolute Gasteiger partial charge is 0.491 e. The standard InChI is InChI=1S/C20H23FN2O2/c21-18-8-4-5-9-19(18)25-13-11-17-10-12-23(15-17)20(24)22-14-16-6-2-1-3-7-16/h1-9,17H,10-15H2,(H,22,24). The van der Waals surface area contributed by atoms with Gasteiger partial charge in [-0.2, -0.15) is 0 Å². The van der Waals surface area contributed by atoms with E-state index in [1.807, 2.05) is 35.2 Å². The molecule has 0 radical (unpaired) electrons. The van der Waals surface area contributed by atoms with Crippen LogP contribution < -0.4 is 10.1 Å². The minimum Gasteiger partial charge on any atom is -0.491 e. The third-order valence-electron chi connectivity index (χ3n) is 4.48. The van der Waals surface area contributed by atoms with E-state index in [1.54, 1.807) is 18.2 Å². The zero-order chi connectivity index (χ0) is 17.5. The summed E-state index contributed by atoms with van der Waals surface area (Å²) in [7, 11) is 0. The Morgan fingerprint density at radius 1 is 1.16 bits per heavy atom. The zero-order valence-electron chi connectivity index (χ0n) is 14.2. The molecule has 132 valence electrons. The number of hydrogen-bond acceptors (Lipinski definition) is 2. The van der Waals surface area contributed by atoms with E-state index in [2.05, 4.69) is 5.32 Å². The first kappa shape index (κ1) is 17.3. The number of hydrogen-bond donors (Lipinski definition) is 1. The van der Waals surface area contributed by atoms with Crippen molar-refractivity contribution in [2.75, 3.05) is 19.7 Å². The predicted molar refractivity (Wildman–Crippen MR) is 94.9 cm³/mol. The molecule has 1 aliphatic heterocycles. The molecule has 1 N–H and O–H groups in total. The lowest BCUT2D eigenvalue weighted by atomic mass is 10.1. The lowest BCUT2D eigenvalue weighted by Gasteiger charge is -2.17. The highest BCUT2D eigenvalue weighted by molar-refractivity contribution is 5.74. The van der Waals surface area contributed by atoms with Crippen LogP contribution in [0.2, 0.25) is 0 Å². The van der Waals surface area contributed by atoms with Gasteiger partial charge >= 0.3 is 6.03 Å². The fourth-order valence-electron chi connectivity index (χ4n) is 3.04. The molecule has 1 fully saturated rings. The van der Waals surface area contributed by atoms with Crippen LogP contribution in [0.5, 0.6) is 5.75 Å². The van der Waals surface area contributed by atoms with E-state index in [1.165, 1.54) is 6.07 Å². The second-order valence-electron chi connectivity index (χ2n) is 6.31. The van der Waals surface area contributed by atoms with Gasteiger partial charge < -0.3 is 15.0 Å². The quantitative estimate of drug-likeness (QED) is 0.867. The molecule has 0 saturated carbocycles. The summed E-state index contributed by atoms with van der Waals surface area (Å²) in [6, 6.07) is 16.3. The van der Waals surface area contributed by atoms with Crippen LogP contribution in [0, 0.1) is 11.7 Å². The monoisotopic (exact) mass is 342 g/mol. The molecule has 4 nitrogen and oxygen atoms in total. The third kappa shape index (κ3) is 4.95. The van der Waals surface area contributed by atoms with E-state index >= 15 is 0 Å². The maximum atomic E-state index is 13.5. The molecule has 1 unspecified atom stereocenters. The van der Waals surface area contributed by atoms with Crippen LogP contribution in [0.3, 0.4) is 0 Å². The molecule has 25 heavy (non-hydrogen) atoms. The van der Waals surface area contributed by atoms with Crippen molar-refractivity contribution in [3.63, 3.8) is 0 Å². The first-order chi connectivity index (χ1) is 12.2. The summed E-state index contributed by atoms with van der Waals surface area (Å²) in [6.45, 7) is 2.48. The average Bonchev–Trinajstić information content (AvgIpc) is 3.11. The van der Waals surface area contributed by atoms with Gasteiger partial charge in [-0.25, -0.2) is 9.18 Å². The van der Waals surface area contributed by atoms with E-state index in [9.17, 15) is 9.18 Å². The van der Waals surface area contributed by atoms with Gasteiger partial charge in [0, 0.05) is 19.6 Å². The van der Waals surface area contributed by atoms with Gasteiger partial charge in [0.05, 0.1) is 6.61 Å². The molecule has 1 saturated heterocycles. The Hall–Kier alpha value is -2.56. The molecule has 1 heterocycles. The van der Waals surface area contributed by atoms with Crippen LogP contribution in [-0.2, 0) is 6.54 Å². The smallest absolute Gasteiger partial charge is 0.317 e. The fourth-order valence-corrected chi connectivity index (χ4v) is 3.04. The molecule has 2 aromatic carbocycles. The highest BCUT2D eigenvalue weighted by atomic mass is 19.1. The van der Waals surface area contributed by atoms with E-state index in [-0.39, 0.29) is 17.6 Å². The normalized spacial score (nSPS) is 16.7. The van der Waals surface area contributed by atoms with E-state index in [0.29, 0.717) is 19.1 Å². The topological polar surface area (TPSA) is 41.6 Å². The number of nitrogens with one attached hydrogen (secondary N) is 1. The lowest BCUT2D eigenvalue weighted by molar-refractivity contribution is 0.204. The van der Waals surface area contributed by atoms with Gasteiger partial charge in [-0.3, -0.25) is 0 Å². The first-order valence-corrected chi connectivity index (χ1v) is 8.66. The Labute approximate surface area is 147 Å².